The monoisotopic (exact) mass is 368 g/mol. The molecular weight excluding hydrogens is 340 g/mol. The summed E-state index contributed by atoms with van der Waals surface area (Å²) in [6.45, 7) is 6.60. The number of hydrogen-bond donors (Lipinski definition) is 1. The van der Waals surface area contributed by atoms with Gasteiger partial charge < -0.3 is 5.32 Å². The number of amides is 1. The van der Waals surface area contributed by atoms with Crippen molar-refractivity contribution in [3.05, 3.63) is 17.6 Å². The van der Waals surface area contributed by atoms with E-state index in [0.717, 1.165) is 18.5 Å². The Hall–Kier alpha value is -1.54. The maximum absolute atomic E-state index is 12.5. The number of aromatic nitrogens is 2. The highest BCUT2D eigenvalue weighted by atomic mass is 32.2. The van der Waals surface area contributed by atoms with E-state index in [-0.39, 0.29) is 17.6 Å². The summed E-state index contributed by atoms with van der Waals surface area (Å²) in [7, 11) is -3.19. The number of sulfonamides is 1. The SMILES string of the molecule is CCCCS(=O)(=O)N1CCC(C(=O)Nc2cc(CC)nc(C)n2)CC1. The summed E-state index contributed by atoms with van der Waals surface area (Å²) >= 11 is 0. The van der Waals surface area contributed by atoms with E-state index < -0.39 is 10.0 Å². The van der Waals surface area contributed by atoms with Crippen molar-refractivity contribution in [1.29, 1.82) is 0 Å². The molecule has 0 atom stereocenters. The summed E-state index contributed by atoms with van der Waals surface area (Å²) in [5, 5.41) is 2.86. The molecule has 7 nitrogen and oxygen atoms in total. The second-order valence-electron chi connectivity index (χ2n) is 6.48. The number of piperidine rings is 1. The normalized spacial score (nSPS) is 16.8. The predicted octanol–water partition coefficient (Wildman–Crippen LogP) is 2.13. The summed E-state index contributed by atoms with van der Waals surface area (Å²) < 4.78 is 26.0. The van der Waals surface area contributed by atoms with E-state index >= 15 is 0 Å². The van der Waals surface area contributed by atoms with Gasteiger partial charge >= 0.3 is 0 Å². The van der Waals surface area contributed by atoms with Gasteiger partial charge in [0.25, 0.3) is 0 Å². The van der Waals surface area contributed by atoms with E-state index in [4.69, 9.17) is 0 Å². The fraction of sp³-hybridized carbons (Fsp3) is 0.706. The van der Waals surface area contributed by atoms with Gasteiger partial charge in [0.1, 0.15) is 11.6 Å². The maximum Gasteiger partial charge on any atom is 0.228 e. The lowest BCUT2D eigenvalue weighted by Gasteiger charge is -2.30. The van der Waals surface area contributed by atoms with Gasteiger partial charge in [0.05, 0.1) is 5.75 Å². The van der Waals surface area contributed by atoms with Gasteiger partial charge in [-0.2, -0.15) is 0 Å². The van der Waals surface area contributed by atoms with Crippen molar-refractivity contribution in [3.63, 3.8) is 0 Å². The number of hydrogen-bond acceptors (Lipinski definition) is 5. The molecule has 2 heterocycles. The van der Waals surface area contributed by atoms with Crippen LogP contribution in [0.25, 0.3) is 0 Å². The van der Waals surface area contributed by atoms with Gasteiger partial charge in [-0.25, -0.2) is 22.7 Å². The molecule has 25 heavy (non-hydrogen) atoms. The van der Waals surface area contributed by atoms with Crippen LogP contribution in [-0.2, 0) is 21.2 Å². The van der Waals surface area contributed by atoms with Gasteiger partial charge in [0, 0.05) is 30.8 Å². The first-order chi connectivity index (χ1) is 11.9. The molecule has 1 aromatic heterocycles. The van der Waals surface area contributed by atoms with Crippen molar-refractivity contribution in [2.24, 2.45) is 5.92 Å². The van der Waals surface area contributed by atoms with Gasteiger partial charge in [-0.05, 0) is 32.6 Å². The number of nitrogens with zero attached hydrogens (tertiary/aromatic N) is 3. The maximum atomic E-state index is 12.5. The van der Waals surface area contributed by atoms with E-state index in [1.807, 2.05) is 13.8 Å². The molecule has 1 N–H and O–H groups in total. The molecule has 1 aliphatic rings. The Kier molecular flexibility index (Phi) is 6.89. The Balaban J connectivity index is 1.92. The van der Waals surface area contributed by atoms with Crippen LogP contribution in [0.15, 0.2) is 6.07 Å². The van der Waals surface area contributed by atoms with Crippen molar-refractivity contribution in [3.8, 4) is 0 Å². The summed E-state index contributed by atoms with van der Waals surface area (Å²) in [5.41, 5.74) is 0.889. The third kappa shape index (κ3) is 5.47. The molecule has 0 saturated carbocycles. The number of anilines is 1. The zero-order chi connectivity index (χ0) is 18.4. The molecule has 2 rings (SSSR count). The third-order valence-electron chi connectivity index (χ3n) is 4.48. The van der Waals surface area contributed by atoms with Gasteiger partial charge in [-0.1, -0.05) is 20.3 Å². The van der Waals surface area contributed by atoms with E-state index in [9.17, 15) is 13.2 Å². The molecule has 0 aliphatic carbocycles. The average Bonchev–Trinajstić information content (AvgIpc) is 2.59. The highest BCUT2D eigenvalue weighted by Crippen LogP contribution is 2.22. The van der Waals surface area contributed by atoms with E-state index in [1.165, 1.54) is 4.31 Å². The van der Waals surface area contributed by atoms with Crippen LogP contribution in [0.4, 0.5) is 5.82 Å². The molecule has 8 heteroatoms. The molecule has 1 amide bonds. The predicted molar refractivity (Wildman–Crippen MR) is 97.8 cm³/mol. The van der Waals surface area contributed by atoms with E-state index in [2.05, 4.69) is 15.3 Å². The van der Waals surface area contributed by atoms with Crippen molar-refractivity contribution in [1.82, 2.24) is 14.3 Å². The van der Waals surface area contributed by atoms with Crippen LogP contribution in [0.2, 0.25) is 0 Å². The van der Waals surface area contributed by atoms with Crippen LogP contribution in [0, 0.1) is 12.8 Å². The summed E-state index contributed by atoms with van der Waals surface area (Å²) in [5.74, 6) is 1.07. The standard InChI is InChI=1S/C17H28N4O3S/c1-4-6-11-25(23,24)21-9-7-14(8-10-21)17(22)20-16-12-15(5-2)18-13(3)19-16/h12,14H,4-11H2,1-3H3,(H,18,19,20,22). The largest absolute Gasteiger partial charge is 0.310 e. The van der Waals surface area contributed by atoms with Gasteiger partial charge in [-0.15, -0.1) is 0 Å². The first kappa shape index (κ1) is 19.8. The molecule has 1 fully saturated rings. The highest BCUT2D eigenvalue weighted by molar-refractivity contribution is 7.89. The molecule has 1 saturated heterocycles. The first-order valence-electron chi connectivity index (χ1n) is 8.99. The fourth-order valence-corrected chi connectivity index (χ4v) is 4.63. The number of unbranched alkanes of at least 4 members (excludes halogenated alkanes) is 1. The second-order valence-corrected chi connectivity index (χ2v) is 8.57. The number of carbonyl (C=O) groups is 1. The van der Waals surface area contributed by atoms with Gasteiger partial charge in [0.15, 0.2) is 0 Å². The lowest BCUT2D eigenvalue weighted by atomic mass is 9.97. The average molecular weight is 369 g/mol. The number of rotatable bonds is 7. The fourth-order valence-electron chi connectivity index (χ4n) is 2.95. The van der Waals surface area contributed by atoms with E-state index in [0.29, 0.717) is 44.0 Å². The third-order valence-corrected chi connectivity index (χ3v) is 6.43. The molecule has 140 valence electrons. The Morgan fingerprint density at radius 1 is 1.28 bits per heavy atom. The van der Waals surface area contributed by atoms with Crippen molar-refractivity contribution in [2.75, 3.05) is 24.2 Å². The Morgan fingerprint density at radius 2 is 1.96 bits per heavy atom. The minimum atomic E-state index is -3.19. The molecular formula is C17H28N4O3S. The molecule has 1 aliphatic heterocycles. The van der Waals surface area contributed by atoms with Crippen LogP contribution < -0.4 is 5.32 Å². The number of aryl methyl sites for hydroxylation is 2. The number of nitrogens with one attached hydrogen (secondary N) is 1. The molecule has 0 radical (unpaired) electrons. The van der Waals surface area contributed by atoms with E-state index in [1.54, 1.807) is 13.0 Å². The van der Waals surface area contributed by atoms with Crippen LogP contribution in [-0.4, -0.2) is 47.4 Å². The summed E-state index contributed by atoms with van der Waals surface area (Å²) in [4.78, 5) is 21.0. The Morgan fingerprint density at radius 3 is 2.56 bits per heavy atom. The molecule has 1 aromatic rings. The Bertz CT molecular complexity index is 698. The summed E-state index contributed by atoms with van der Waals surface area (Å²) in [6, 6.07) is 1.79. The van der Waals surface area contributed by atoms with Crippen molar-refractivity contribution >= 4 is 21.7 Å². The first-order valence-corrected chi connectivity index (χ1v) is 10.6. The smallest absolute Gasteiger partial charge is 0.228 e. The van der Waals surface area contributed by atoms with Crippen LogP contribution >= 0.6 is 0 Å². The van der Waals surface area contributed by atoms with Crippen LogP contribution in [0.5, 0.6) is 0 Å². The van der Waals surface area contributed by atoms with Gasteiger partial charge in [0.2, 0.25) is 15.9 Å². The zero-order valence-electron chi connectivity index (χ0n) is 15.3. The zero-order valence-corrected chi connectivity index (χ0v) is 16.1. The van der Waals surface area contributed by atoms with Gasteiger partial charge in [-0.3, -0.25) is 4.79 Å². The highest BCUT2D eigenvalue weighted by Gasteiger charge is 2.30. The van der Waals surface area contributed by atoms with Crippen LogP contribution in [0.3, 0.4) is 0 Å². The topological polar surface area (TPSA) is 92.3 Å². The molecule has 0 bridgehead atoms. The minimum absolute atomic E-state index is 0.0919. The van der Waals surface area contributed by atoms with Crippen LogP contribution in [0.1, 0.15) is 51.0 Å². The minimum Gasteiger partial charge on any atom is -0.310 e. The Labute approximate surface area is 150 Å². The molecule has 0 unspecified atom stereocenters. The summed E-state index contributed by atoms with van der Waals surface area (Å²) in [6.07, 6.45) is 3.40. The quantitative estimate of drug-likeness (QED) is 0.796. The molecule has 0 aromatic carbocycles. The second kappa shape index (κ2) is 8.71. The molecule has 0 spiro atoms. The lowest BCUT2D eigenvalue weighted by molar-refractivity contribution is -0.120. The van der Waals surface area contributed by atoms with Crippen molar-refractivity contribution in [2.45, 2.75) is 52.9 Å². The van der Waals surface area contributed by atoms with Crippen molar-refractivity contribution < 1.29 is 13.2 Å². The lowest BCUT2D eigenvalue weighted by Crippen LogP contribution is -2.42. The number of carbonyl (C=O) groups excluding carboxylic acids is 1.